The number of carbonyl (C=O) groups excluding carboxylic acids is 1. The third-order valence-corrected chi connectivity index (χ3v) is 5.57. The van der Waals surface area contributed by atoms with E-state index in [0.717, 1.165) is 37.5 Å². The average molecular weight is 371 g/mol. The van der Waals surface area contributed by atoms with Gasteiger partial charge in [-0.15, -0.1) is 12.4 Å². The molecule has 2 saturated heterocycles. The molecule has 4 nitrogen and oxygen atoms in total. The Bertz CT molecular complexity index is 491. The Balaban J connectivity index is 0.00000208. The molecule has 1 aromatic rings. The second-order valence-corrected chi connectivity index (χ2v) is 7.47. The summed E-state index contributed by atoms with van der Waals surface area (Å²) in [6.07, 6.45) is 2.97. The molecule has 2 aliphatic heterocycles. The van der Waals surface area contributed by atoms with Crippen LogP contribution < -0.4 is 5.32 Å². The van der Waals surface area contributed by atoms with Crippen molar-refractivity contribution in [3.63, 3.8) is 0 Å². The number of hydrogen-bond acceptors (Lipinski definition) is 4. The van der Waals surface area contributed by atoms with E-state index in [1.807, 2.05) is 34.9 Å². The molecule has 2 heterocycles. The van der Waals surface area contributed by atoms with Crippen LogP contribution in [0.2, 0.25) is 0 Å². The van der Waals surface area contributed by atoms with Crippen molar-refractivity contribution in [2.45, 2.75) is 38.0 Å². The van der Waals surface area contributed by atoms with Gasteiger partial charge in [0.15, 0.2) is 0 Å². The molecule has 1 amide bonds. The Morgan fingerprint density at radius 1 is 1.33 bits per heavy atom. The molecule has 2 aliphatic rings. The van der Waals surface area contributed by atoms with Crippen LogP contribution in [0, 0.1) is 0 Å². The summed E-state index contributed by atoms with van der Waals surface area (Å²) < 4.78 is 5.75. The van der Waals surface area contributed by atoms with E-state index >= 15 is 0 Å². The van der Waals surface area contributed by atoms with E-state index in [1.165, 1.54) is 5.56 Å². The normalized spacial score (nSPS) is 23.5. The molecule has 3 rings (SSSR count). The number of hydrogen-bond donors (Lipinski definition) is 1. The molecule has 0 aliphatic carbocycles. The first kappa shape index (κ1) is 19.6. The minimum absolute atomic E-state index is 0. The van der Waals surface area contributed by atoms with E-state index in [1.54, 1.807) is 0 Å². The Hall–Kier alpha value is -0.750. The van der Waals surface area contributed by atoms with Gasteiger partial charge >= 0.3 is 0 Å². The predicted molar refractivity (Wildman–Crippen MR) is 102 cm³/mol. The zero-order chi connectivity index (χ0) is 15.9. The summed E-state index contributed by atoms with van der Waals surface area (Å²) in [5, 5.41) is 3.46. The van der Waals surface area contributed by atoms with Crippen molar-refractivity contribution in [1.82, 2.24) is 10.2 Å². The maximum absolute atomic E-state index is 12.8. The fourth-order valence-corrected chi connectivity index (χ4v) is 4.13. The summed E-state index contributed by atoms with van der Waals surface area (Å²) in [6, 6.07) is 10.6. The molecule has 24 heavy (non-hydrogen) atoms. The lowest BCUT2D eigenvalue weighted by molar-refractivity contribution is -0.133. The predicted octanol–water partition coefficient (Wildman–Crippen LogP) is 2.71. The average Bonchev–Trinajstić information content (AvgIpc) is 3.09. The van der Waals surface area contributed by atoms with Crippen LogP contribution in [0.3, 0.4) is 0 Å². The molecule has 2 fully saturated rings. The summed E-state index contributed by atoms with van der Waals surface area (Å²) in [5.41, 5.74) is 1.19. The molecular formula is C18H27ClN2O2S. The topological polar surface area (TPSA) is 41.6 Å². The van der Waals surface area contributed by atoms with Crippen molar-refractivity contribution in [1.29, 1.82) is 0 Å². The quantitative estimate of drug-likeness (QED) is 0.836. The molecule has 2 unspecified atom stereocenters. The third kappa shape index (κ3) is 5.96. The van der Waals surface area contributed by atoms with Gasteiger partial charge in [0, 0.05) is 50.2 Å². The van der Waals surface area contributed by atoms with Crippen LogP contribution in [0.25, 0.3) is 0 Å². The monoisotopic (exact) mass is 370 g/mol. The highest BCUT2D eigenvalue weighted by atomic mass is 35.5. The Labute approximate surface area is 155 Å². The van der Waals surface area contributed by atoms with Crippen LogP contribution in [0.1, 0.15) is 24.8 Å². The first-order valence-electron chi connectivity index (χ1n) is 8.55. The number of nitrogens with zero attached hydrogens (tertiary/aromatic N) is 1. The maximum Gasteiger partial charge on any atom is 0.224 e. The number of benzene rings is 1. The Morgan fingerprint density at radius 2 is 2.17 bits per heavy atom. The number of rotatable bonds is 6. The number of ether oxygens (including phenoxy) is 1. The lowest BCUT2D eigenvalue weighted by atomic mass is 10.1. The maximum atomic E-state index is 12.8. The molecule has 1 aromatic carbocycles. The molecule has 0 saturated carbocycles. The summed E-state index contributed by atoms with van der Waals surface area (Å²) in [6.45, 7) is 3.23. The molecule has 1 N–H and O–H groups in total. The molecule has 0 radical (unpaired) electrons. The minimum Gasteiger partial charge on any atom is -0.376 e. The highest BCUT2D eigenvalue weighted by Crippen LogP contribution is 2.17. The van der Waals surface area contributed by atoms with Crippen molar-refractivity contribution in [3.05, 3.63) is 35.9 Å². The standard InChI is InChI=1S/C18H26N2O2S.ClH/c21-18(11-16-14-23-10-8-19-16)20(13-17-7-4-9-22-17)12-15-5-2-1-3-6-15;/h1-3,5-6,16-17,19H,4,7-14H2;1H. The van der Waals surface area contributed by atoms with Gasteiger partial charge in [0.1, 0.15) is 0 Å². The smallest absolute Gasteiger partial charge is 0.224 e. The fraction of sp³-hybridized carbons (Fsp3) is 0.611. The minimum atomic E-state index is 0. The van der Waals surface area contributed by atoms with Crippen molar-refractivity contribution in [3.8, 4) is 0 Å². The lowest BCUT2D eigenvalue weighted by Crippen LogP contribution is -2.44. The molecular weight excluding hydrogens is 344 g/mol. The first-order chi connectivity index (χ1) is 11.3. The number of carbonyl (C=O) groups is 1. The van der Waals surface area contributed by atoms with Gasteiger partial charge in [0.25, 0.3) is 0 Å². The van der Waals surface area contributed by atoms with Gasteiger partial charge in [0.2, 0.25) is 5.91 Å². The van der Waals surface area contributed by atoms with E-state index in [4.69, 9.17) is 4.74 Å². The van der Waals surface area contributed by atoms with Crippen molar-refractivity contribution in [2.75, 3.05) is 31.2 Å². The molecule has 0 spiro atoms. The number of thioether (sulfide) groups is 1. The van der Waals surface area contributed by atoms with E-state index in [0.29, 0.717) is 25.6 Å². The summed E-state index contributed by atoms with van der Waals surface area (Å²) in [5.74, 6) is 2.42. The molecule has 0 bridgehead atoms. The highest BCUT2D eigenvalue weighted by molar-refractivity contribution is 7.99. The molecule has 0 aromatic heterocycles. The lowest BCUT2D eigenvalue weighted by Gasteiger charge is -2.29. The number of amides is 1. The summed E-state index contributed by atoms with van der Waals surface area (Å²) >= 11 is 1.94. The second-order valence-electron chi connectivity index (χ2n) is 6.32. The van der Waals surface area contributed by atoms with Gasteiger partial charge in [-0.2, -0.15) is 11.8 Å². The van der Waals surface area contributed by atoms with E-state index in [-0.39, 0.29) is 24.4 Å². The van der Waals surface area contributed by atoms with Crippen LogP contribution in [0.15, 0.2) is 30.3 Å². The van der Waals surface area contributed by atoms with Crippen LogP contribution in [0.4, 0.5) is 0 Å². The SMILES string of the molecule is Cl.O=C(CC1CSCCN1)N(Cc1ccccc1)CC1CCCO1. The van der Waals surface area contributed by atoms with Crippen molar-refractivity contribution in [2.24, 2.45) is 0 Å². The highest BCUT2D eigenvalue weighted by Gasteiger charge is 2.25. The van der Waals surface area contributed by atoms with Crippen molar-refractivity contribution < 1.29 is 9.53 Å². The van der Waals surface area contributed by atoms with Crippen LogP contribution in [0.5, 0.6) is 0 Å². The summed E-state index contributed by atoms with van der Waals surface area (Å²) in [7, 11) is 0. The Morgan fingerprint density at radius 3 is 2.83 bits per heavy atom. The van der Waals surface area contributed by atoms with Gasteiger partial charge in [0.05, 0.1) is 6.10 Å². The van der Waals surface area contributed by atoms with Crippen molar-refractivity contribution >= 4 is 30.1 Å². The zero-order valence-electron chi connectivity index (χ0n) is 14.0. The van der Waals surface area contributed by atoms with Gasteiger partial charge < -0.3 is 15.0 Å². The fourth-order valence-electron chi connectivity index (χ4n) is 3.18. The molecule has 134 valence electrons. The zero-order valence-corrected chi connectivity index (χ0v) is 15.6. The summed E-state index contributed by atoms with van der Waals surface area (Å²) in [4.78, 5) is 14.8. The van der Waals surface area contributed by atoms with Gasteiger partial charge in [-0.25, -0.2) is 0 Å². The van der Waals surface area contributed by atoms with E-state index in [2.05, 4.69) is 17.4 Å². The van der Waals surface area contributed by atoms with Gasteiger partial charge in [-0.1, -0.05) is 30.3 Å². The van der Waals surface area contributed by atoms with E-state index < -0.39 is 0 Å². The van der Waals surface area contributed by atoms with Crippen LogP contribution in [-0.2, 0) is 16.1 Å². The van der Waals surface area contributed by atoms with Crippen LogP contribution in [-0.4, -0.2) is 54.2 Å². The Kier molecular flexibility index (Phi) is 8.39. The first-order valence-corrected chi connectivity index (χ1v) is 9.71. The molecule has 6 heteroatoms. The third-order valence-electron chi connectivity index (χ3n) is 4.44. The largest absolute Gasteiger partial charge is 0.376 e. The second kappa shape index (κ2) is 10.3. The van der Waals surface area contributed by atoms with Gasteiger partial charge in [-0.3, -0.25) is 4.79 Å². The van der Waals surface area contributed by atoms with E-state index in [9.17, 15) is 4.79 Å². The number of nitrogens with one attached hydrogen (secondary N) is 1. The molecule has 2 atom stereocenters. The number of halogens is 1. The van der Waals surface area contributed by atoms with Crippen LogP contribution >= 0.6 is 24.2 Å². The van der Waals surface area contributed by atoms with Gasteiger partial charge in [-0.05, 0) is 18.4 Å².